The highest BCUT2D eigenvalue weighted by atomic mass is 16.5. The molecule has 124 valence electrons. The molecule has 5 heteroatoms. The predicted molar refractivity (Wildman–Crippen MR) is 90.1 cm³/mol. The first kappa shape index (κ1) is 17.3. The number of carboxylic acids is 2. The maximum absolute atomic E-state index is 10.9. The van der Waals surface area contributed by atoms with Crippen molar-refractivity contribution in [1.29, 1.82) is 0 Å². The molecule has 0 aliphatic heterocycles. The number of aliphatic carboxylic acids is 2. The van der Waals surface area contributed by atoms with E-state index in [0.717, 1.165) is 5.56 Å². The molecule has 0 aliphatic carbocycles. The number of carbonyl (C=O) groups is 2. The second kappa shape index (κ2) is 8.53. The van der Waals surface area contributed by atoms with Gasteiger partial charge in [0, 0.05) is 0 Å². The highest BCUT2D eigenvalue weighted by Crippen LogP contribution is 2.19. The smallest absolute Gasteiger partial charge is 0.307 e. The summed E-state index contributed by atoms with van der Waals surface area (Å²) in [6.45, 7) is 0.304. The Morgan fingerprint density at radius 1 is 0.917 bits per heavy atom. The van der Waals surface area contributed by atoms with Crippen LogP contribution in [0.15, 0.2) is 54.6 Å². The van der Waals surface area contributed by atoms with E-state index in [1.165, 1.54) is 0 Å². The van der Waals surface area contributed by atoms with E-state index in [9.17, 15) is 9.59 Å². The minimum atomic E-state index is -0.975. The molecule has 2 N–H and O–H groups in total. The van der Waals surface area contributed by atoms with E-state index in [-0.39, 0.29) is 12.8 Å². The molecule has 0 fully saturated rings. The molecule has 0 saturated carbocycles. The molecule has 0 radical (unpaired) electrons. The Bertz CT molecular complexity index is 700. The third kappa shape index (κ3) is 5.96. The lowest BCUT2D eigenvalue weighted by molar-refractivity contribution is -0.137. The minimum Gasteiger partial charge on any atom is -0.490 e. The molecule has 0 amide bonds. The third-order valence-electron chi connectivity index (χ3n) is 3.19. The lowest BCUT2D eigenvalue weighted by atomic mass is 10.1. The van der Waals surface area contributed by atoms with Gasteiger partial charge in [0.1, 0.15) is 12.4 Å². The summed E-state index contributed by atoms with van der Waals surface area (Å²) in [5.74, 6) is -1.49. The summed E-state index contributed by atoms with van der Waals surface area (Å²) in [5, 5.41) is 17.8. The van der Waals surface area contributed by atoms with Gasteiger partial charge in [0.25, 0.3) is 0 Å². The van der Waals surface area contributed by atoms with Gasteiger partial charge in [-0.25, -0.2) is 0 Å². The molecule has 0 heterocycles. The quantitative estimate of drug-likeness (QED) is 0.779. The Hall–Kier alpha value is -3.08. The van der Waals surface area contributed by atoms with Crippen molar-refractivity contribution < 1.29 is 24.5 Å². The number of hydrogen-bond acceptors (Lipinski definition) is 3. The van der Waals surface area contributed by atoms with Gasteiger partial charge in [-0.1, -0.05) is 42.5 Å². The molecule has 2 rings (SSSR count). The highest BCUT2D eigenvalue weighted by molar-refractivity contribution is 5.72. The third-order valence-corrected chi connectivity index (χ3v) is 3.19. The van der Waals surface area contributed by atoms with Gasteiger partial charge in [-0.05, 0) is 34.9 Å². The van der Waals surface area contributed by atoms with Crippen molar-refractivity contribution in [2.45, 2.75) is 12.8 Å². The molecule has 0 saturated heterocycles. The van der Waals surface area contributed by atoms with Crippen LogP contribution in [0.3, 0.4) is 0 Å². The van der Waals surface area contributed by atoms with Gasteiger partial charge < -0.3 is 14.9 Å². The van der Waals surface area contributed by atoms with E-state index in [4.69, 9.17) is 14.9 Å². The van der Waals surface area contributed by atoms with E-state index < -0.39 is 11.9 Å². The van der Waals surface area contributed by atoms with Gasteiger partial charge in [0.2, 0.25) is 0 Å². The van der Waals surface area contributed by atoms with E-state index in [0.29, 0.717) is 23.5 Å². The van der Waals surface area contributed by atoms with Gasteiger partial charge in [-0.15, -0.1) is 0 Å². The highest BCUT2D eigenvalue weighted by Gasteiger charge is 2.08. The monoisotopic (exact) mass is 326 g/mol. The van der Waals surface area contributed by atoms with Crippen molar-refractivity contribution in [2.75, 3.05) is 6.61 Å². The zero-order chi connectivity index (χ0) is 17.4. The fourth-order valence-corrected chi connectivity index (χ4v) is 2.26. The van der Waals surface area contributed by atoms with Crippen molar-refractivity contribution in [3.8, 4) is 5.75 Å². The predicted octanol–water partition coefficient (Wildman–Crippen LogP) is 3.03. The maximum atomic E-state index is 10.9. The fraction of sp³-hybridized carbons (Fsp3) is 0.158. The van der Waals surface area contributed by atoms with Crippen LogP contribution >= 0.6 is 0 Å². The molecule has 0 bridgehead atoms. The standard InChI is InChI=1S/C19H18O5/c20-18(21)12-15-9-16(13-19(22)23)11-17(10-15)24-8-4-7-14-5-2-1-3-6-14/h1-7,9-11H,8,12-13H2,(H,20,21)(H,22,23)/b7-4+. The zero-order valence-corrected chi connectivity index (χ0v) is 13.0. The molecule has 0 aromatic heterocycles. The first-order chi connectivity index (χ1) is 11.5. The molecule has 5 nitrogen and oxygen atoms in total. The molecular weight excluding hydrogens is 308 g/mol. The van der Waals surface area contributed by atoms with Crippen molar-refractivity contribution in [3.05, 3.63) is 71.3 Å². The van der Waals surface area contributed by atoms with Crippen molar-refractivity contribution in [3.63, 3.8) is 0 Å². The topological polar surface area (TPSA) is 83.8 Å². The Balaban J connectivity index is 2.05. The first-order valence-corrected chi connectivity index (χ1v) is 7.44. The summed E-state index contributed by atoms with van der Waals surface area (Å²) in [4.78, 5) is 21.7. The van der Waals surface area contributed by atoms with Gasteiger partial charge in [0.15, 0.2) is 0 Å². The summed E-state index contributed by atoms with van der Waals surface area (Å²) in [6, 6.07) is 14.6. The molecule has 0 atom stereocenters. The first-order valence-electron chi connectivity index (χ1n) is 7.44. The van der Waals surface area contributed by atoms with Crippen LogP contribution < -0.4 is 4.74 Å². The second-order valence-corrected chi connectivity index (χ2v) is 5.25. The summed E-state index contributed by atoms with van der Waals surface area (Å²) in [7, 11) is 0. The second-order valence-electron chi connectivity index (χ2n) is 5.25. The van der Waals surface area contributed by atoms with Crippen LogP contribution in [-0.2, 0) is 22.4 Å². The summed E-state index contributed by atoms with van der Waals surface area (Å²) in [6.07, 6.45) is 3.41. The number of benzene rings is 2. The van der Waals surface area contributed by atoms with E-state index >= 15 is 0 Å². The van der Waals surface area contributed by atoms with Crippen molar-refractivity contribution in [2.24, 2.45) is 0 Å². The molecule has 2 aromatic carbocycles. The van der Waals surface area contributed by atoms with Crippen molar-refractivity contribution >= 4 is 18.0 Å². The van der Waals surface area contributed by atoms with Gasteiger partial charge in [0.05, 0.1) is 12.8 Å². The summed E-state index contributed by atoms with van der Waals surface area (Å²) >= 11 is 0. The maximum Gasteiger partial charge on any atom is 0.307 e. The van der Waals surface area contributed by atoms with Gasteiger partial charge >= 0.3 is 11.9 Å². The number of carboxylic acid groups (broad SMARTS) is 2. The van der Waals surface area contributed by atoms with Crippen LogP contribution in [0.2, 0.25) is 0 Å². The fourth-order valence-electron chi connectivity index (χ4n) is 2.26. The van der Waals surface area contributed by atoms with Gasteiger partial charge in [-0.2, -0.15) is 0 Å². The molecule has 0 unspecified atom stereocenters. The molecule has 24 heavy (non-hydrogen) atoms. The normalized spacial score (nSPS) is 10.7. The number of hydrogen-bond donors (Lipinski definition) is 2. The van der Waals surface area contributed by atoms with Crippen molar-refractivity contribution in [1.82, 2.24) is 0 Å². The largest absolute Gasteiger partial charge is 0.490 e. The van der Waals surface area contributed by atoms with Crippen LogP contribution in [0, 0.1) is 0 Å². The Labute approximate surface area is 139 Å². The van der Waals surface area contributed by atoms with E-state index in [1.54, 1.807) is 18.2 Å². The van der Waals surface area contributed by atoms with E-state index in [2.05, 4.69) is 0 Å². The molecule has 0 spiro atoms. The average Bonchev–Trinajstić information content (AvgIpc) is 2.51. The Morgan fingerprint density at radius 2 is 1.50 bits per heavy atom. The van der Waals surface area contributed by atoms with Crippen LogP contribution in [0.5, 0.6) is 5.75 Å². The molecular formula is C19H18O5. The Kier molecular flexibility index (Phi) is 6.14. The Morgan fingerprint density at radius 3 is 2.04 bits per heavy atom. The molecule has 2 aromatic rings. The molecule has 0 aliphatic rings. The minimum absolute atomic E-state index is 0.177. The SMILES string of the molecule is O=C(O)Cc1cc(CC(=O)O)cc(OC/C=C/c2ccccc2)c1. The number of rotatable bonds is 8. The van der Waals surface area contributed by atoms with E-state index in [1.807, 2.05) is 42.5 Å². The summed E-state index contributed by atoms with van der Waals surface area (Å²) < 4.78 is 5.60. The van der Waals surface area contributed by atoms with Crippen LogP contribution in [0.4, 0.5) is 0 Å². The average molecular weight is 326 g/mol. The van der Waals surface area contributed by atoms with Crippen LogP contribution in [0.25, 0.3) is 6.08 Å². The van der Waals surface area contributed by atoms with Crippen LogP contribution in [-0.4, -0.2) is 28.8 Å². The number of ether oxygens (including phenoxy) is 1. The zero-order valence-electron chi connectivity index (χ0n) is 13.0. The van der Waals surface area contributed by atoms with Gasteiger partial charge in [-0.3, -0.25) is 9.59 Å². The lowest BCUT2D eigenvalue weighted by Crippen LogP contribution is -2.05. The summed E-state index contributed by atoms with van der Waals surface area (Å²) in [5.41, 5.74) is 2.08. The lowest BCUT2D eigenvalue weighted by Gasteiger charge is -2.08. The van der Waals surface area contributed by atoms with Crippen LogP contribution in [0.1, 0.15) is 16.7 Å².